The van der Waals surface area contributed by atoms with Crippen LogP contribution in [0.1, 0.15) is 24.5 Å². The zero-order valence-electron chi connectivity index (χ0n) is 10.5. The molecule has 1 unspecified atom stereocenters. The maximum atomic E-state index is 11.0. The minimum Gasteiger partial charge on any atom is -0.508 e. The van der Waals surface area contributed by atoms with Crippen molar-refractivity contribution in [3.63, 3.8) is 0 Å². The molecule has 0 saturated carbocycles. The van der Waals surface area contributed by atoms with Gasteiger partial charge >= 0.3 is 5.97 Å². The summed E-state index contributed by atoms with van der Waals surface area (Å²) in [7, 11) is 1.38. The molecule has 0 radical (unpaired) electrons. The maximum absolute atomic E-state index is 11.0. The molecule has 1 aromatic carbocycles. The van der Waals surface area contributed by atoms with E-state index >= 15 is 0 Å². The third-order valence-electron chi connectivity index (χ3n) is 2.58. The Hall–Kier alpha value is -1.55. The fraction of sp³-hybridized carbons (Fsp3) is 0.462. The van der Waals surface area contributed by atoms with Crippen molar-refractivity contribution in [1.82, 2.24) is 5.32 Å². The van der Waals surface area contributed by atoms with E-state index in [-0.39, 0.29) is 17.8 Å². The number of aromatic hydroxyl groups is 1. The van der Waals surface area contributed by atoms with Crippen molar-refractivity contribution in [3.05, 3.63) is 29.3 Å². The van der Waals surface area contributed by atoms with Crippen LogP contribution in [-0.4, -0.2) is 24.2 Å². The monoisotopic (exact) mass is 237 g/mol. The first-order valence-electron chi connectivity index (χ1n) is 5.61. The first-order chi connectivity index (χ1) is 8.02. The van der Waals surface area contributed by atoms with Crippen molar-refractivity contribution in [2.45, 2.75) is 32.9 Å². The summed E-state index contributed by atoms with van der Waals surface area (Å²) >= 11 is 0. The van der Waals surface area contributed by atoms with Crippen molar-refractivity contribution in [2.24, 2.45) is 0 Å². The molecule has 0 amide bonds. The average molecular weight is 237 g/mol. The zero-order valence-corrected chi connectivity index (χ0v) is 10.5. The number of benzene rings is 1. The van der Waals surface area contributed by atoms with Crippen LogP contribution in [0.4, 0.5) is 0 Å². The van der Waals surface area contributed by atoms with E-state index in [1.807, 2.05) is 26.0 Å². The van der Waals surface area contributed by atoms with Crippen LogP contribution in [0.2, 0.25) is 0 Å². The lowest BCUT2D eigenvalue weighted by Gasteiger charge is -2.13. The molecule has 2 N–H and O–H groups in total. The molecule has 94 valence electrons. The lowest BCUT2D eigenvalue weighted by molar-refractivity contribution is -0.141. The largest absolute Gasteiger partial charge is 0.508 e. The fourth-order valence-corrected chi connectivity index (χ4v) is 1.55. The van der Waals surface area contributed by atoms with Crippen LogP contribution in [0.5, 0.6) is 5.75 Å². The Bertz CT molecular complexity index is 390. The molecule has 4 heteroatoms. The number of esters is 1. The Morgan fingerprint density at radius 1 is 1.53 bits per heavy atom. The van der Waals surface area contributed by atoms with Gasteiger partial charge in [0.05, 0.1) is 13.5 Å². The van der Waals surface area contributed by atoms with E-state index in [2.05, 4.69) is 10.1 Å². The first-order valence-corrected chi connectivity index (χ1v) is 5.61. The summed E-state index contributed by atoms with van der Waals surface area (Å²) in [5, 5.41) is 12.8. The predicted octanol–water partition coefficient (Wildman–Crippen LogP) is 1.74. The zero-order chi connectivity index (χ0) is 12.8. The molecule has 0 heterocycles. The van der Waals surface area contributed by atoms with Crippen LogP contribution in [0, 0.1) is 6.92 Å². The number of ether oxygens (including phenoxy) is 1. The Balaban J connectivity index is 2.49. The van der Waals surface area contributed by atoms with Crippen LogP contribution in [0.3, 0.4) is 0 Å². The molecular weight excluding hydrogens is 218 g/mol. The molecule has 0 fully saturated rings. The smallest absolute Gasteiger partial charge is 0.307 e. The molecule has 0 bridgehead atoms. The molecule has 1 atom stereocenters. The van der Waals surface area contributed by atoms with Crippen LogP contribution >= 0.6 is 0 Å². The van der Waals surface area contributed by atoms with Gasteiger partial charge in [0, 0.05) is 18.2 Å². The summed E-state index contributed by atoms with van der Waals surface area (Å²) in [5.41, 5.74) is 1.93. The number of methoxy groups -OCH3 is 1. The van der Waals surface area contributed by atoms with Gasteiger partial charge in [0.25, 0.3) is 0 Å². The SMILES string of the molecule is COC(=O)CC(C)NCc1cc(C)ccc1O. The highest BCUT2D eigenvalue weighted by atomic mass is 16.5. The van der Waals surface area contributed by atoms with Crippen molar-refractivity contribution in [2.75, 3.05) is 7.11 Å². The summed E-state index contributed by atoms with van der Waals surface area (Å²) in [5.74, 6) is 0.0341. The second-order valence-electron chi connectivity index (χ2n) is 4.19. The lowest BCUT2D eigenvalue weighted by atomic mass is 10.1. The Kier molecular flexibility index (Phi) is 4.97. The summed E-state index contributed by atoms with van der Waals surface area (Å²) in [6.07, 6.45) is 0.322. The Labute approximate surface area is 102 Å². The molecule has 0 saturated heterocycles. The standard InChI is InChI=1S/C13H19NO3/c1-9-4-5-12(15)11(6-9)8-14-10(2)7-13(16)17-3/h4-6,10,14-15H,7-8H2,1-3H3. The summed E-state index contributed by atoms with van der Waals surface area (Å²) in [6.45, 7) is 4.41. The number of carbonyl (C=O) groups excluding carboxylic acids is 1. The van der Waals surface area contributed by atoms with E-state index in [4.69, 9.17) is 0 Å². The van der Waals surface area contributed by atoms with Crippen molar-refractivity contribution < 1.29 is 14.6 Å². The van der Waals surface area contributed by atoms with Crippen LogP contribution in [-0.2, 0) is 16.1 Å². The summed E-state index contributed by atoms with van der Waals surface area (Å²) < 4.78 is 4.59. The Morgan fingerprint density at radius 3 is 2.88 bits per heavy atom. The third kappa shape index (κ3) is 4.44. The maximum Gasteiger partial charge on any atom is 0.307 e. The molecule has 4 nitrogen and oxygen atoms in total. The molecule has 0 spiro atoms. The van der Waals surface area contributed by atoms with Gasteiger partial charge in [-0.2, -0.15) is 0 Å². The van der Waals surface area contributed by atoms with Crippen LogP contribution in [0.15, 0.2) is 18.2 Å². The van der Waals surface area contributed by atoms with E-state index in [1.54, 1.807) is 6.07 Å². The lowest BCUT2D eigenvalue weighted by Crippen LogP contribution is -2.28. The van der Waals surface area contributed by atoms with Crippen molar-refractivity contribution in [3.8, 4) is 5.75 Å². The van der Waals surface area contributed by atoms with E-state index < -0.39 is 0 Å². The highest BCUT2D eigenvalue weighted by Crippen LogP contribution is 2.17. The minimum absolute atomic E-state index is 0.0161. The number of rotatable bonds is 5. The van der Waals surface area contributed by atoms with Gasteiger partial charge in [-0.15, -0.1) is 0 Å². The summed E-state index contributed by atoms with van der Waals surface area (Å²) in [6, 6.07) is 5.48. The topological polar surface area (TPSA) is 58.6 Å². The van der Waals surface area contributed by atoms with Crippen molar-refractivity contribution >= 4 is 5.97 Å². The van der Waals surface area contributed by atoms with Crippen molar-refractivity contribution in [1.29, 1.82) is 0 Å². The van der Waals surface area contributed by atoms with Gasteiger partial charge in [0.1, 0.15) is 5.75 Å². The van der Waals surface area contributed by atoms with Gasteiger partial charge in [-0.05, 0) is 19.9 Å². The first kappa shape index (κ1) is 13.5. The molecule has 0 aromatic heterocycles. The quantitative estimate of drug-likeness (QED) is 0.766. The molecule has 0 aliphatic heterocycles. The average Bonchev–Trinajstić information content (AvgIpc) is 2.30. The van der Waals surface area contributed by atoms with Gasteiger partial charge in [-0.1, -0.05) is 17.7 Å². The number of carbonyl (C=O) groups is 1. The number of nitrogens with one attached hydrogen (secondary N) is 1. The second kappa shape index (κ2) is 6.25. The van der Waals surface area contributed by atoms with Gasteiger partial charge in [0.2, 0.25) is 0 Å². The van der Waals surface area contributed by atoms with Crippen LogP contribution in [0.25, 0.3) is 0 Å². The van der Waals surface area contributed by atoms with Gasteiger partial charge in [-0.3, -0.25) is 4.79 Å². The van der Waals surface area contributed by atoms with E-state index in [9.17, 15) is 9.90 Å². The highest BCUT2D eigenvalue weighted by Gasteiger charge is 2.09. The van der Waals surface area contributed by atoms with E-state index in [0.717, 1.165) is 11.1 Å². The molecule has 0 aliphatic carbocycles. The number of hydrogen-bond donors (Lipinski definition) is 2. The number of phenolic OH excluding ortho intramolecular Hbond substituents is 1. The minimum atomic E-state index is -0.238. The summed E-state index contributed by atoms with van der Waals surface area (Å²) in [4.78, 5) is 11.0. The normalized spacial score (nSPS) is 12.2. The van der Waals surface area contributed by atoms with Crippen LogP contribution < -0.4 is 5.32 Å². The van der Waals surface area contributed by atoms with Gasteiger partial charge in [-0.25, -0.2) is 0 Å². The molecular formula is C13H19NO3. The molecule has 0 aliphatic rings. The van der Waals surface area contributed by atoms with E-state index in [0.29, 0.717) is 13.0 Å². The fourth-order valence-electron chi connectivity index (χ4n) is 1.55. The molecule has 17 heavy (non-hydrogen) atoms. The Morgan fingerprint density at radius 2 is 2.24 bits per heavy atom. The second-order valence-corrected chi connectivity index (χ2v) is 4.19. The third-order valence-corrected chi connectivity index (χ3v) is 2.58. The highest BCUT2D eigenvalue weighted by molar-refractivity contribution is 5.69. The van der Waals surface area contributed by atoms with Gasteiger partial charge < -0.3 is 15.2 Å². The molecule has 1 rings (SSSR count). The molecule has 1 aromatic rings. The predicted molar refractivity (Wildman–Crippen MR) is 65.8 cm³/mol. The number of phenols is 1. The van der Waals surface area contributed by atoms with E-state index in [1.165, 1.54) is 7.11 Å². The number of hydrogen-bond acceptors (Lipinski definition) is 4. The number of aryl methyl sites for hydroxylation is 1. The van der Waals surface area contributed by atoms with Gasteiger partial charge in [0.15, 0.2) is 0 Å².